The van der Waals surface area contributed by atoms with Gasteiger partial charge in [-0.2, -0.15) is 0 Å². The fraction of sp³-hybridized carbons (Fsp3) is 0.786. The molecule has 0 aromatic carbocycles. The minimum atomic E-state index is -0.254. The van der Waals surface area contributed by atoms with E-state index in [0.29, 0.717) is 24.1 Å². The number of hydrogen-bond acceptors (Lipinski definition) is 3. The molecule has 1 fully saturated rings. The van der Waals surface area contributed by atoms with Gasteiger partial charge in [-0.05, 0) is 44.7 Å². The molecule has 0 radical (unpaired) electrons. The Labute approximate surface area is 105 Å². The maximum absolute atomic E-state index is 11.5. The van der Waals surface area contributed by atoms with Gasteiger partial charge in [0.15, 0.2) is 0 Å². The van der Waals surface area contributed by atoms with E-state index in [1.54, 1.807) is 0 Å². The third-order valence-corrected chi connectivity index (χ3v) is 3.41. The number of esters is 1. The van der Waals surface area contributed by atoms with Gasteiger partial charge in [0.1, 0.15) is 0 Å². The Kier molecular flexibility index (Phi) is 5.19. The number of ether oxygens (including phenoxy) is 1. The summed E-state index contributed by atoms with van der Waals surface area (Å²) in [5.41, 5.74) is 1.01. The van der Waals surface area contributed by atoms with Crippen molar-refractivity contribution in [3.8, 4) is 0 Å². The van der Waals surface area contributed by atoms with Gasteiger partial charge in [0, 0.05) is 12.1 Å². The molecule has 17 heavy (non-hydrogen) atoms. The van der Waals surface area contributed by atoms with Gasteiger partial charge in [0.05, 0.1) is 6.61 Å². The summed E-state index contributed by atoms with van der Waals surface area (Å²) in [7, 11) is 0. The lowest BCUT2D eigenvalue weighted by atomic mass is 9.85. The Hall–Kier alpha value is -0.830. The van der Waals surface area contributed by atoms with Crippen molar-refractivity contribution in [2.45, 2.75) is 40.0 Å². The van der Waals surface area contributed by atoms with Crippen LogP contribution < -0.4 is 0 Å². The highest BCUT2D eigenvalue weighted by atomic mass is 16.5. The fourth-order valence-electron chi connectivity index (χ4n) is 2.20. The van der Waals surface area contributed by atoms with Gasteiger partial charge < -0.3 is 4.74 Å². The number of carbonyl (C=O) groups is 1. The predicted octanol–water partition coefficient (Wildman–Crippen LogP) is 2.62. The van der Waals surface area contributed by atoms with Crippen LogP contribution >= 0.6 is 0 Å². The highest BCUT2D eigenvalue weighted by molar-refractivity contribution is 5.88. The summed E-state index contributed by atoms with van der Waals surface area (Å²) in [6.45, 7) is 13.4. The Balaban J connectivity index is 2.41. The summed E-state index contributed by atoms with van der Waals surface area (Å²) in [4.78, 5) is 13.8. The Morgan fingerprint density at radius 3 is 2.71 bits per heavy atom. The van der Waals surface area contributed by atoms with Crippen LogP contribution in [-0.4, -0.2) is 37.1 Å². The van der Waals surface area contributed by atoms with Crippen LogP contribution in [0.3, 0.4) is 0 Å². The number of carbonyl (C=O) groups excluding carboxylic acids is 1. The zero-order chi connectivity index (χ0) is 12.9. The molecule has 98 valence electrons. The standard InChI is InChI=1S/C14H25NO2/c1-5-17-13(16)12(2)11-15-9-6-7-14(3,4)8-10-15/h2,5-11H2,1,3-4H3. The Morgan fingerprint density at radius 2 is 2.06 bits per heavy atom. The molecule has 0 bridgehead atoms. The summed E-state index contributed by atoms with van der Waals surface area (Å²) < 4.78 is 4.95. The normalized spacial score (nSPS) is 20.6. The summed E-state index contributed by atoms with van der Waals surface area (Å²) in [5.74, 6) is -0.254. The summed E-state index contributed by atoms with van der Waals surface area (Å²) >= 11 is 0. The Morgan fingerprint density at radius 1 is 1.35 bits per heavy atom. The van der Waals surface area contributed by atoms with E-state index < -0.39 is 0 Å². The average Bonchev–Trinajstić information content (AvgIpc) is 2.41. The summed E-state index contributed by atoms with van der Waals surface area (Å²) in [6.07, 6.45) is 3.64. The van der Waals surface area contributed by atoms with Gasteiger partial charge in [-0.1, -0.05) is 20.4 Å². The molecule has 0 unspecified atom stereocenters. The predicted molar refractivity (Wildman–Crippen MR) is 69.8 cm³/mol. The van der Waals surface area contributed by atoms with Crippen LogP contribution in [0, 0.1) is 5.41 Å². The van der Waals surface area contributed by atoms with E-state index in [-0.39, 0.29) is 5.97 Å². The molecule has 3 heteroatoms. The molecule has 0 aromatic heterocycles. The van der Waals surface area contributed by atoms with E-state index in [2.05, 4.69) is 25.3 Å². The highest BCUT2D eigenvalue weighted by Gasteiger charge is 2.23. The Bertz CT molecular complexity index is 284. The lowest BCUT2D eigenvalue weighted by Gasteiger charge is -2.23. The quantitative estimate of drug-likeness (QED) is 0.558. The zero-order valence-electron chi connectivity index (χ0n) is 11.4. The second kappa shape index (κ2) is 6.20. The molecule has 1 aliphatic rings. The van der Waals surface area contributed by atoms with Crippen LogP contribution in [0.2, 0.25) is 0 Å². The van der Waals surface area contributed by atoms with E-state index in [1.807, 2.05) is 6.92 Å². The molecule has 1 heterocycles. The lowest BCUT2D eigenvalue weighted by molar-refractivity contribution is -0.138. The number of hydrogen-bond donors (Lipinski definition) is 0. The molecule has 0 atom stereocenters. The molecule has 0 N–H and O–H groups in total. The summed E-state index contributed by atoms with van der Waals surface area (Å²) in [5, 5.41) is 0. The maximum Gasteiger partial charge on any atom is 0.334 e. The van der Waals surface area contributed by atoms with E-state index in [1.165, 1.54) is 19.3 Å². The minimum absolute atomic E-state index is 0.254. The topological polar surface area (TPSA) is 29.5 Å². The molecular formula is C14H25NO2. The monoisotopic (exact) mass is 239 g/mol. The first kappa shape index (κ1) is 14.2. The van der Waals surface area contributed by atoms with Gasteiger partial charge >= 0.3 is 5.97 Å². The van der Waals surface area contributed by atoms with Crippen LogP contribution in [0.25, 0.3) is 0 Å². The van der Waals surface area contributed by atoms with Crippen molar-refractivity contribution in [2.24, 2.45) is 5.41 Å². The largest absolute Gasteiger partial charge is 0.463 e. The van der Waals surface area contributed by atoms with Crippen molar-refractivity contribution in [3.05, 3.63) is 12.2 Å². The molecular weight excluding hydrogens is 214 g/mol. The lowest BCUT2D eigenvalue weighted by Crippen LogP contribution is -2.29. The number of nitrogens with zero attached hydrogens (tertiary/aromatic N) is 1. The molecule has 0 amide bonds. The number of likely N-dealkylation sites (tertiary alicyclic amines) is 1. The van der Waals surface area contributed by atoms with Crippen LogP contribution in [0.15, 0.2) is 12.2 Å². The van der Waals surface area contributed by atoms with Crippen LogP contribution in [-0.2, 0) is 9.53 Å². The highest BCUT2D eigenvalue weighted by Crippen LogP contribution is 2.29. The fourth-order valence-corrected chi connectivity index (χ4v) is 2.20. The van der Waals surface area contributed by atoms with Crippen LogP contribution in [0.4, 0.5) is 0 Å². The van der Waals surface area contributed by atoms with Gasteiger partial charge in [0.25, 0.3) is 0 Å². The first-order valence-electron chi connectivity index (χ1n) is 6.52. The summed E-state index contributed by atoms with van der Waals surface area (Å²) in [6, 6.07) is 0. The molecule has 0 saturated carbocycles. The first-order chi connectivity index (χ1) is 7.94. The maximum atomic E-state index is 11.5. The van der Waals surface area contributed by atoms with Gasteiger partial charge in [-0.25, -0.2) is 4.79 Å². The van der Waals surface area contributed by atoms with Crippen molar-refractivity contribution in [3.63, 3.8) is 0 Å². The van der Waals surface area contributed by atoms with Gasteiger partial charge in [0.2, 0.25) is 0 Å². The van der Waals surface area contributed by atoms with Crippen molar-refractivity contribution >= 4 is 5.97 Å². The molecule has 1 aliphatic heterocycles. The van der Waals surface area contributed by atoms with Crippen molar-refractivity contribution in [2.75, 3.05) is 26.2 Å². The molecule has 3 nitrogen and oxygen atoms in total. The molecule has 0 aromatic rings. The third kappa shape index (κ3) is 4.90. The minimum Gasteiger partial charge on any atom is -0.463 e. The van der Waals surface area contributed by atoms with E-state index in [4.69, 9.17) is 4.74 Å². The van der Waals surface area contributed by atoms with E-state index >= 15 is 0 Å². The third-order valence-electron chi connectivity index (χ3n) is 3.41. The van der Waals surface area contributed by atoms with Crippen molar-refractivity contribution in [1.29, 1.82) is 0 Å². The van der Waals surface area contributed by atoms with E-state index in [0.717, 1.165) is 13.1 Å². The van der Waals surface area contributed by atoms with Crippen LogP contribution in [0.1, 0.15) is 40.0 Å². The van der Waals surface area contributed by atoms with Crippen molar-refractivity contribution < 1.29 is 9.53 Å². The smallest absolute Gasteiger partial charge is 0.334 e. The van der Waals surface area contributed by atoms with Crippen LogP contribution in [0.5, 0.6) is 0 Å². The molecule has 1 saturated heterocycles. The van der Waals surface area contributed by atoms with Crippen molar-refractivity contribution in [1.82, 2.24) is 4.90 Å². The first-order valence-corrected chi connectivity index (χ1v) is 6.52. The average molecular weight is 239 g/mol. The molecule has 0 aliphatic carbocycles. The SMILES string of the molecule is C=C(CN1CCCC(C)(C)CC1)C(=O)OCC. The zero-order valence-corrected chi connectivity index (χ0v) is 11.4. The molecule has 1 rings (SSSR count). The molecule has 0 spiro atoms. The number of rotatable bonds is 4. The van der Waals surface area contributed by atoms with Gasteiger partial charge in [-0.15, -0.1) is 0 Å². The second-order valence-electron chi connectivity index (χ2n) is 5.62. The second-order valence-corrected chi connectivity index (χ2v) is 5.62. The van der Waals surface area contributed by atoms with E-state index in [9.17, 15) is 4.79 Å². The van der Waals surface area contributed by atoms with Gasteiger partial charge in [-0.3, -0.25) is 4.90 Å².